The quantitative estimate of drug-likeness (QED) is 0.566. The first-order valence-electron chi connectivity index (χ1n) is 5.08. The summed E-state index contributed by atoms with van der Waals surface area (Å²) in [6.45, 7) is 2.33. The van der Waals surface area contributed by atoms with Crippen molar-refractivity contribution in [2.75, 3.05) is 0 Å². The molecule has 0 spiro atoms. The van der Waals surface area contributed by atoms with Crippen molar-refractivity contribution in [2.45, 2.75) is 25.7 Å². The van der Waals surface area contributed by atoms with Gasteiger partial charge in [0.1, 0.15) is 0 Å². The highest BCUT2D eigenvalue weighted by Gasteiger charge is 2.15. The Labute approximate surface area is 80.3 Å². The molecule has 0 saturated heterocycles. The molecule has 1 aromatic rings. The second kappa shape index (κ2) is 3.78. The second-order valence-corrected chi connectivity index (χ2v) is 4.02. The molecule has 0 unspecified atom stereocenters. The zero-order valence-electron chi connectivity index (χ0n) is 8.11. The van der Waals surface area contributed by atoms with Crippen molar-refractivity contribution < 1.29 is 0 Å². The number of benzene rings is 1. The van der Waals surface area contributed by atoms with Crippen molar-refractivity contribution in [3.8, 4) is 0 Å². The van der Waals surface area contributed by atoms with Crippen LogP contribution >= 0.6 is 0 Å². The minimum atomic E-state index is 0.657. The third kappa shape index (κ3) is 2.00. The molecule has 0 heterocycles. The first-order valence-corrected chi connectivity index (χ1v) is 5.08. The fourth-order valence-corrected chi connectivity index (χ4v) is 2.03. The molecule has 0 aromatic heterocycles. The smallest absolute Gasteiger partial charge is 0.00206 e. The van der Waals surface area contributed by atoms with Gasteiger partial charge in [-0.05, 0) is 24.3 Å². The largest absolute Gasteiger partial charge is 0.0877 e. The van der Waals surface area contributed by atoms with Crippen LogP contribution in [0.25, 0.3) is 0 Å². The molecule has 0 amide bonds. The Balaban J connectivity index is 2.18. The van der Waals surface area contributed by atoms with Gasteiger partial charge in [-0.2, -0.15) is 0 Å². The van der Waals surface area contributed by atoms with Crippen LogP contribution < -0.4 is 0 Å². The minimum Gasteiger partial charge on any atom is -0.0877 e. The van der Waals surface area contributed by atoms with E-state index in [4.69, 9.17) is 0 Å². The Morgan fingerprint density at radius 1 is 1.15 bits per heavy atom. The van der Waals surface area contributed by atoms with Crippen molar-refractivity contribution in [2.24, 2.45) is 5.92 Å². The van der Waals surface area contributed by atoms with Gasteiger partial charge in [-0.3, -0.25) is 0 Å². The molecule has 0 bridgehead atoms. The van der Waals surface area contributed by atoms with E-state index < -0.39 is 0 Å². The van der Waals surface area contributed by atoms with Crippen LogP contribution in [-0.2, 0) is 0 Å². The Hall–Kier alpha value is -1.04. The van der Waals surface area contributed by atoms with E-state index >= 15 is 0 Å². The highest BCUT2D eigenvalue weighted by molar-refractivity contribution is 5.24. The molecule has 1 aliphatic carbocycles. The van der Waals surface area contributed by atoms with Crippen LogP contribution in [0.15, 0.2) is 42.5 Å². The van der Waals surface area contributed by atoms with Gasteiger partial charge in [-0.1, -0.05) is 49.4 Å². The van der Waals surface area contributed by atoms with Crippen LogP contribution in [0.3, 0.4) is 0 Å². The number of rotatable bonds is 1. The Kier molecular flexibility index (Phi) is 2.49. The van der Waals surface area contributed by atoms with Gasteiger partial charge in [0.05, 0.1) is 0 Å². The van der Waals surface area contributed by atoms with Crippen molar-refractivity contribution in [3.63, 3.8) is 0 Å². The number of hydrogen-bond acceptors (Lipinski definition) is 0. The maximum absolute atomic E-state index is 2.36. The summed E-state index contributed by atoms with van der Waals surface area (Å²) in [4.78, 5) is 0. The van der Waals surface area contributed by atoms with E-state index in [-0.39, 0.29) is 0 Å². The predicted octanol–water partition coefficient (Wildman–Crippen LogP) is 3.76. The fourth-order valence-electron chi connectivity index (χ4n) is 2.03. The molecule has 0 heteroatoms. The minimum absolute atomic E-state index is 0.657. The van der Waals surface area contributed by atoms with Gasteiger partial charge in [-0.15, -0.1) is 0 Å². The van der Waals surface area contributed by atoms with Gasteiger partial charge < -0.3 is 0 Å². The molecular formula is C13H16. The van der Waals surface area contributed by atoms with E-state index in [2.05, 4.69) is 49.4 Å². The predicted molar refractivity (Wildman–Crippen MR) is 56.7 cm³/mol. The Morgan fingerprint density at radius 2 is 1.92 bits per heavy atom. The standard InChI is InChI=1S/C13H16/c1-11-6-5-9-13(10-11)12-7-3-2-4-8-12/h2-5,7-9,11,13H,6,10H2,1H3/t11-,13-/m1/s1. The van der Waals surface area contributed by atoms with Gasteiger partial charge in [0.25, 0.3) is 0 Å². The van der Waals surface area contributed by atoms with Gasteiger partial charge in [0, 0.05) is 5.92 Å². The van der Waals surface area contributed by atoms with Crippen molar-refractivity contribution in [3.05, 3.63) is 48.0 Å². The zero-order chi connectivity index (χ0) is 9.10. The molecule has 0 saturated carbocycles. The van der Waals surface area contributed by atoms with E-state index in [1.165, 1.54) is 18.4 Å². The van der Waals surface area contributed by atoms with Gasteiger partial charge in [-0.25, -0.2) is 0 Å². The highest BCUT2D eigenvalue weighted by Crippen LogP contribution is 2.30. The zero-order valence-corrected chi connectivity index (χ0v) is 8.11. The lowest BCUT2D eigenvalue weighted by Gasteiger charge is -2.21. The molecule has 1 aromatic carbocycles. The lowest BCUT2D eigenvalue weighted by molar-refractivity contribution is 0.489. The van der Waals surface area contributed by atoms with Gasteiger partial charge in [0.15, 0.2) is 0 Å². The summed E-state index contributed by atoms with van der Waals surface area (Å²) < 4.78 is 0. The van der Waals surface area contributed by atoms with Crippen LogP contribution in [0.5, 0.6) is 0 Å². The molecule has 13 heavy (non-hydrogen) atoms. The monoisotopic (exact) mass is 172 g/mol. The van der Waals surface area contributed by atoms with Crippen LogP contribution in [0.2, 0.25) is 0 Å². The SMILES string of the molecule is C[C@@H]1CC=C[C@@H](c2ccccc2)C1. The van der Waals surface area contributed by atoms with Gasteiger partial charge >= 0.3 is 0 Å². The van der Waals surface area contributed by atoms with Crippen LogP contribution in [0.1, 0.15) is 31.2 Å². The molecule has 2 atom stereocenters. The highest BCUT2D eigenvalue weighted by atomic mass is 14.2. The van der Waals surface area contributed by atoms with Crippen molar-refractivity contribution in [1.82, 2.24) is 0 Å². The second-order valence-electron chi connectivity index (χ2n) is 4.02. The maximum atomic E-state index is 2.36. The first kappa shape index (κ1) is 8.55. The normalized spacial score (nSPS) is 27.5. The van der Waals surface area contributed by atoms with Crippen molar-refractivity contribution >= 4 is 0 Å². The average molecular weight is 172 g/mol. The lowest BCUT2D eigenvalue weighted by atomic mass is 9.84. The Morgan fingerprint density at radius 3 is 2.62 bits per heavy atom. The Bertz CT molecular complexity index is 284. The number of hydrogen-bond donors (Lipinski definition) is 0. The molecule has 0 radical (unpaired) electrons. The van der Waals surface area contributed by atoms with Gasteiger partial charge in [0.2, 0.25) is 0 Å². The van der Waals surface area contributed by atoms with E-state index in [9.17, 15) is 0 Å². The molecule has 1 aliphatic rings. The van der Waals surface area contributed by atoms with E-state index in [1.54, 1.807) is 0 Å². The summed E-state index contributed by atoms with van der Waals surface area (Å²) in [6.07, 6.45) is 7.24. The van der Waals surface area contributed by atoms with Crippen molar-refractivity contribution in [1.29, 1.82) is 0 Å². The summed E-state index contributed by atoms with van der Waals surface area (Å²) in [5, 5.41) is 0. The topological polar surface area (TPSA) is 0 Å². The van der Waals surface area contributed by atoms with E-state index in [1.807, 2.05) is 0 Å². The molecule has 0 aliphatic heterocycles. The fraction of sp³-hybridized carbons (Fsp3) is 0.385. The molecule has 68 valence electrons. The molecule has 0 nitrogen and oxygen atoms in total. The van der Waals surface area contributed by atoms with E-state index in [0.717, 1.165) is 5.92 Å². The van der Waals surface area contributed by atoms with E-state index in [0.29, 0.717) is 5.92 Å². The summed E-state index contributed by atoms with van der Waals surface area (Å²) in [5.74, 6) is 1.50. The third-order valence-corrected chi connectivity index (χ3v) is 2.79. The summed E-state index contributed by atoms with van der Waals surface area (Å²) in [6, 6.07) is 10.8. The molecular weight excluding hydrogens is 156 g/mol. The summed E-state index contributed by atoms with van der Waals surface area (Å²) in [5.41, 5.74) is 1.46. The third-order valence-electron chi connectivity index (χ3n) is 2.79. The average Bonchev–Trinajstić information content (AvgIpc) is 2.19. The number of allylic oxidation sites excluding steroid dienone is 2. The maximum Gasteiger partial charge on any atom is 0.00206 e. The molecule has 0 N–H and O–H groups in total. The summed E-state index contributed by atoms with van der Waals surface area (Å²) in [7, 11) is 0. The van der Waals surface area contributed by atoms with Crippen LogP contribution in [0.4, 0.5) is 0 Å². The molecule has 2 rings (SSSR count). The molecule has 0 fully saturated rings. The van der Waals surface area contributed by atoms with Crippen LogP contribution in [-0.4, -0.2) is 0 Å². The first-order chi connectivity index (χ1) is 6.36. The van der Waals surface area contributed by atoms with Crippen LogP contribution in [0, 0.1) is 5.92 Å². The lowest BCUT2D eigenvalue weighted by Crippen LogP contribution is -2.06. The summed E-state index contributed by atoms with van der Waals surface area (Å²) >= 11 is 0.